The van der Waals surface area contributed by atoms with Crippen LogP contribution >= 0.6 is 0 Å². The lowest BCUT2D eigenvalue weighted by Crippen LogP contribution is -2.49. The molecule has 2 fully saturated rings. The second-order valence-electron chi connectivity index (χ2n) is 10.3. The Balaban J connectivity index is 1.15. The fraction of sp³-hybridized carbons (Fsp3) is 0.444. The van der Waals surface area contributed by atoms with Crippen LogP contribution in [0.15, 0.2) is 48.5 Å². The van der Waals surface area contributed by atoms with Crippen molar-refractivity contribution in [3.8, 4) is 11.1 Å². The van der Waals surface area contributed by atoms with Crippen LogP contribution in [0, 0.1) is 23.2 Å². The van der Waals surface area contributed by atoms with Crippen LogP contribution in [0.4, 0.5) is 4.79 Å². The van der Waals surface area contributed by atoms with E-state index in [0.717, 1.165) is 17.5 Å². The third kappa shape index (κ3) is 3.93. The Morgan fingerprint density at radius 3 is 2.26 bits per heavy atom. The molecule has 7 nitrogen and oxygen atoms in total. The Hall–Kier alpha value is -3.35. The highest BCUT2D eigenvalue weighted by Crippen LogP contribution is 2.52. The van der Waals surface area contributed by atoms with E-state index in [1.807, 2.05) is 24.3 Å². The number of carbonyl (C=O) groups excluding carboxylic acids is 2. The molecule has 0 spiro atoms. The third-order valence-electron chi connectivity index (χ3n) is 7.66. The van der Waals surface area contributed by atoms with Crippen molar-refractivity contribution in [3.05, 3.63) is 59.7 Å². The van der Waals surface area contributed by atoms with E-state index in [2.05, 4.69) is 29.6 Å². The lowest BCUT2D eigenvalue weighted by atomic mass is 9.90. The van der Waals surface area contributed by atoms with Crippen molar-refractivity contribution in [1.29, 1.82) is 0 Å². The van der Waals surface area contributed by atoms with E-state index in [1.54, 1.807) is 18.7 Å². The summed E-state index contributed by atoms with van der Waals surface area (Å²) in [6.07, 6.45) is 0.179. The number of fused-ring (bicyclic) bond motifs is 4. The summed E-state index contributed by atoms with van der Waals surface area (Å²) in [4.78, 5) is 38.7. The highest BCUT2D eigenvalue weighted by molar-refractivity contribution is 5.84. The number of ether oxygens (including phenoxy) is 1. The standard InChI is InChI=1S/C27H30N2O5/c1-27(2,25(32)29-12-11-20-21(13-29)23(20)24(30)31)15-28-26(33)34-14-22-18-9-5-3-7-16(18)17-8-4-6-10-19(17)22/h3-10,20-23H,11-15H2,1-2H3,(H,28,33)(H,30,31)/t20-,21+,23?/m0/s1. The van der Waals surface area contributed by atoms with Crippen LogP contribution in [-0.2, 0) is 14.3 Å². The predicted octanol–water partition coefficient (Wildman–Crippen LogP) is 3.73. The zero-order valence-corrected chi connectivity index (χ0v) is 19.5. The third-order valence-corrected chi connectivity index (χ3v) is 7.66. The Morgan fingerprint density at radius 2 is 1.65 bits per heavy atom. The van der Waals surface area contributed by atoms with Crippen molar-refractivity contribution in [1.82, 2.24) is 10.2 Å². The maximum absolute atomic E-state index is 13.1. The fourth-order valence-corrected chi connectivity index (χ4v) is 5.74. The predicted molar refractivity (Wildman–Crippen MR) is 126 cm³/mol. The summed E-state index contributed by atoms with van der Waals surface area (Å²) in [6, 6.07) is 16.3. The van der Waals surface area contributed by atoms with Crippen LogP contribution in [0.2, 0.25) is 0 Å². The molecule has 0 bridgehead atoms. The Bertz CT molecular complexity index is 1100. The van der Waals surface area contributed by atoms with E-state index in [1.165, 1.54) is 11.1 Å². The first-order chi connectivity index (χ1) is 16.3. The highest BCUT2D eigenvalue weighted by atomic mass is 16.5. The topological polar surface area (TPSA) is 95.9 Å². The van der Waals surface area contributed by atoms with Gasteiger partial charge in [0.25, 0.3) is 0 Å². The number of alkyl carbamates (subject to hydrolysis) is 1. The number of rotatable bonds is 6. The van der Waals surface area contributed by atoms with Gasteiger partial charge in [-0.1, -0.05) is 48.5 Å². The molecule has 2 N–H and O–H groups in total. The molecule has 2 aromatic carbocycles. The Morgan fingerprint density at radius 1 is 1.03 bits per heavy atom. The Kier molecular flexibility index (Phi) is 5.58. The van der Waals surface area contributed by atoms with Gasteiger partial charge in [0.2, 0.25) is 5.91 Å². The number of nitrogens with one attached hydrogen (secondary N) is 1. The van der Waals surface area contributed by atoms with Crippen LogP contribution in [0.1, 0.15) is 37.3 Å². The lowest BCUT2D eigenvalue weighted by Gasteiger charge is -2.34. The number of carbonyl (C=O) groups is 3. The van der Waals surface area contributed by atoms with Gasteiger partial charge in [0.1, 0.15) is 6.61 Å². The number of hydrogen-bond donors (Lipinski definition) is 2. The van der Waals surface area contributed by atoms with Gasteiger partial charge in [0.15, 0.2) is 0 Å². The zero-order valence-electron chi connectivity index (χ0n) is 19.5. The van der Waals surface area contributed by atoms with Gasteiger partial charge in [0.05, 0.1) is 11.3 Å². The van der Waals surface area contributed by atoms with Crippen molar-refractivity contribution in [2.75, 3.05) is 26.2 Å². The average Bonchev–Trinajstić information content (AvgIpc) is 3.48. The van der Waals surface area contributed by atoms with Gasteiger partial charge < -0.3 is 20.1 Å². The van der Waals surface area contributed by atoms with Gasteiger partial charge in [-0.05, 0) is 54.4 Å². The van der Waals surface area contributed by atoms with Gasteiger partial charge in [0, 0.05) is 25.6 Å². The highest BCUT2D eigenvalue weighted by Gasteiger charge is 2.58. The molecule has 34 heavy (non-hydrogen) atoms. The summed E-state index contributed by atoms with van der Waals surface area (Å²) in [5.41, 5.74) is 3.82. The number of benzene rings is 2. The SMILES string of the molecule is CC(C)(CNC(=O)OCC1c2ccccc2-c2ccccc21)C(=O)N1CC[C@@H]2C(C(=O)O)[C@@H]2C1. The van der Waals surface area contributed by atoms with Gasteiger partial charge in [-0.3, -0.25) is 9.59 Å². The number of nitrogens with zero attached hydrogens (tertiary/aromatic N) is 1. The smallest absolute Gasteiger partial charge is 0.407 e. The van der Waals surface area contributed by atoms with Crippen molar-refractivity contribution < 1.29 is 24.2 Å². The molecule has 2 aromatic rings. The number of aliphatic carboxylic acids is 1. The average molecular weight is 463 g/mol. The molecule has 1 saturated carbocycles. The van der Waals surface area contributed by atoms with Crippen molar-refractivity contribution in [2.45, 2.75) is 26.2 Å². The summed E-state index contributed by atoms with van der Waals surface area (Å²) in [6.45, 7) is 5.02. The molecule has 0 aromatic heterocycles. The number of carboxylic acid groups (broad SMARTS) is 1. The molecule has 1 unspecified atom stereocenters. The molecule has 1 heterocycles. The van der Waals surface area contributed by atoms with Gasteiger partial charge >= 0.3 is 12.1 Å². The number of piperidine rings is 1. The largest absolute Gasteiger partial charge is 0.481 e. The van der Waals surface area contributed by atoms with Crippen molar-refractivity contribution >= 4 is 18.0 Å². The van der Waals surface area contributed by atoms with Gasteiger partial charge in [-0.25, -0.2) is 4.79 Å². The van der Waals surface area contributed by atoms with Crippen molar-refractivity contribution in [3.63, 3.8) is 0 Å². The molecular formula is C27H30N2O5. The molecule has 1 aliphatic heterocycles. The zero-order chi connectivity index (χ0) is 24.0. The quantitative estimate of drug-likeness (QED) is 0.682. The monoisotopic (exact) mass is 462 g/mol. The van der Waals surface area contributed by atoms with Crippen LogP contribution in [-0.4, -0.2) is 54.2 Å². The van der Waals surface area contributed by atoms with Gasteiger partial charge in [-0.2, -0.15) is 0 Å². The van der Waals surface area contributed by atoms with Crippen LogP contribution in [0.25, 0.3) is 11.1 Å². The molecule has 0 radical (unpaired) electrons. The van der Waals surface area contributed by atoms with E-state index in [0.29, 0.717) is 13.1 Å². The Labute approximate surface area is 199 Å². The molecule has 1 saturated heterocycles. The summed E-state index contributed by atoms with van der Waals surface area (Å²) >= 11 is 0. The maximum atomic E-state index is 13.1. The van der Waals surface area contributed by atoms with Crippen molar-refractivity contribution in [2.24, 2.45) is 23.2 Å². The fourth-order valence-electron chi connectivity index (χ4n) is 5.74. The summed E-state index contributed by atoms with van der Waals surface area (Å²) in [5.74, 6) is -0.916. The van der Waals surface area contributed by atoms with Crippen LogP contribution in [0.5, 0.6) is 0 Å². The number of amides is 2. The maximum Gasteiger partial charge on any atom is 0.407 e. The molecule has 3 atom stereocenters. The normalized spacial score (nSPS) is 22.9. The summed E-state index contributed by atoms with van der Waals surface area (Å²) < 4.78 is 5.58. The number of likely N-dealkylation sites (tertiary alicyclic amines) is 1. The molecule has 5 rings (SSSR count). The molecule has 2 amide bonds. The minimum atomic E-state index is -0.813. The molecule has 178 valence electrons. The number of carboxylic acids is 1. The molecule has 3 aliphatic rings. The second kappa shape index (κ2) is 8.46. The van der Waals surface area contributed by atoms with E-state index in [9.17, 15) is 19.5 Å². The van der Waals surface area contributed by atoms with Crippen LogP contribution in [0.3, 0.4) is 0 Å². The lowest BCUT2D eigenvalue weighted by molar-refractivity contribution is -0.142. The first-order valence-corrected chi connectivity index (χ1v) is 11.9. The summed E-state index contributed by atoms with van der Waals surface area (Å²) in [7, 11) is 0. The minimum Gasteiger partial charge on any atom is -0.481 e. The van der Waals surface area contributed by atoms with Crippen LogP contribution < -0.4 is 5.32 Å². The molecule has 2 aliphatic carbocycles. The number of hydrogen-bond acceptors (Lipinski definition) is 4. The first kappa shape index (κ1) is 22.4. The minimum absolute atomic E-state index is 0.0187. The first-order valence-electron chi connectivity index (χ1n) is 11.9. The van der Waals surface area contributed by atoms with E-state index in [4.69, 9.17) is 4.74 Å². The van der Waals surface area contributed by atoms with E-state index >= 15 is 0 Å². The van der Waals surface area contributed by atoms with E-state index in [-0.39, 0.29) is 42.7 Å². The second-order valence-corrected chi connectivity index (χ2v) is 10.3. The summed E-state index contributed by atoms with van der Waals surface area (Å²) in [5, 5.41) is 12.0. The molecule has 7 heteroatoms. The van der Waals surface area contributed by atoms with Gasteiger partial charge in [-0.15, -0.1) is 0 Å². The molecular weight excluding hydrogens is 432 g/mol. The van der Waals surface area contributed by atoms with E-state index < -0.39 is 17.5 Å².